The van der Waals surface area contributed by atoms with E-state index in [4.69, 9.17) is 4.74 Å². The van der Waals surface area contributed by atoms with Crippen LogP contribution in [0, 0.1) is 0 Å². The Bertz CT molecular complexity index is 1270. The summed E-state index contributed by atoms with van der Waals surface area (Å²) in [7, 11) is 0. The molecule has 3 N–H and O–H groups in total. The van der Waals surface area contributed by atoms with Gasteiger partial charge >= 0.3 is 5.97 Å². The minimum absolute atomic E-state index is 0.00401. The predicted molar refractivity (Wildman–Crippen MR) is 333 cm³/mol. The Balaban J connectivity index is 3.43. The van der Waals surface area contributed by atoms with Gasteiger partial charge < -0.3 is 20.3 Å². The number of amides is 1. The van der Waals surface area contributed by atoms with Crippen molar-refractivity contribution in [3.05, 3.63) is 48.6 Å². The standard InChI is InChI=1S/C70H131NO5/c1-3-5-7-9-11-13-15-17-19-20-32-35-38-42-46-50-54-58-62-68(73)67(66-72)71-69(74)63-59-55-51-47-43-39-36-33-30-28-26-24-22-21-23-25-27-29-31-34-37-41-45-49-53-57-61-65-76-70(75)64-60-56-52-48-44-40-18-16-14-12-10-8-6-4-2/h10,12,16,18,21-22,25,27,67-68,72-73H,3-9,11,13-15,17,19-20,23-24,26,28-66H2,1-2H3,(H,71,74)/b12-10-,18-16-,22-21-,27-25-. The molecule has 0 spiro atoms. The van der Waals surface area contributed by atoms with E-state index in [0.29, 0.717) is 25.9 Å². The number of unbranched alkanes of at least 4 members (excludes halogenated alkanes) is 44. The summed E-state index contributed by atoms with van der Waals surface area (Å²) in [6.45, 7) is 4.92. The van der Waals surface area contributed by atoms with E-state index in [9.17, 15) is 19.8 Å². The van der Waals surface area contributed by atoms with Crippen molar-refractivity contribution in [3.63, 3.8) is 0 Å². The minimum Gasteiger partial charge on any atom is -0.466 e. The first-order chi connectivity index (χ1) is 37.5. The van der Waals surface area contributed by atoms with Gasteiger partial charge in [0, 0.05) is 12.8 Å². The Hall–Kier alpha value is -2.18. The molecule has 0 rings (SSSR count). The molecular weight excluding hydrogens is 935 g/mol. The van der Waals surface area contributed by atoms with Gasteiger partial charge in [-0.2, -0.15) is 0 Å². The van der Waals surface area contributed by atoms with Crippen LogP contribution < -0.4 is 5.32 Å². The van der Waals surface area contributed by atoms with Gasteiger partial charge in [-0.15, -0.1) is 0 Å². The summed E-state index contributed by atoms with van der Waals surface area (Å²) in [5.41, 5.74) is 0. The van der Waals surface area contributed by atoms with E-state index >= 15 is 0 Å². The number of carbonyl (C=O) groups excluding carboxylic acids is 2. The van der Waals surface area contributed by atoms with Crippen LogP contribution in [0.25, 0.3) is 0 Å². The molecule has 0 aliphatic heterocycles. The number of allylic oxidation sites excluding steroid dienone is 8. The molecular formula is C70H131NO5. The van der Waals surface area contributed by atoms with E-state index < -0.39 is 12.1 Å². The number of aliphatic hydroxyl groups excluding tert-OH is 2. The van der Waals surface area contributed by atoms with Crippen LogP contribution in [0.4, 0.5) is 0 Å². The molecule has 0 radical (unpaired) electrons. The van der Waals surface area contributed by atoms with E-state index in [0.717, 1.165) is 57.8 Å². The number of ether oxygens (including phenoxy) is 1. The van der Waals surface area contributed by atoms with Crippen LogP contribution in [-0.4, -0.2) is 47.4 Å². The smallest absolute Gasteiger partial charge is 0.305 e. The summed E-state index contributed by atoms with van der Waals surface area (Å²) >= 11 is 0. The van der Waals surface area contributed by atoms with E-state index in [1.165, 1.54) is 270 Å². The Morgan fingerprint density at radius 2 is 0.671 bits per heavy atom. The van der Waals surface area contributed by atoms with Crippen molar-refractivity contribution < 1.29 is 24.5 Å². The molecule has 0 saturated carbocycles. The maximum absolute atomic E-state index is 12.5. The summed E-state index contributed by atoms with van der Waals surface area (Å²) in [4.78, 5) is 24.6. The number of nitrogens with one attached hydrogen (secondary N) is 1. The Labute approximate surface area is 474 Å². The van der Waals surface area contributed by atoms with Crippen LogP contribution in [0.3, 0.4) is 0 Å². The molecule has 0 bridgehead atoms. The Morgan fingerprint density at radius 1 is 0.368 bits per heavy atom. The Kier molecular flexibility index (Phi) is 63.5. The zero-order valence-electron chi connectivity index (χ0n) is 51.0. The number of aliphatic hydroxyl groups is 2. The fourth-order valence-electron chi connectivity index (χ4n) is 10.4. The van der Waals surface area contributed by atoms with Gasteiger partial charge in [-0.05, 0) is 83.5 Å². The van der Waals surface area contributed by atoms with Gasteiger partial charge in [0.25, 0.3) is 0 Å². The molecule has 0 aliphatic carbocycles. The molecule has 2 atom stereocenters. The van der Waals surface area contributed by atoms with Gasteiger partial charge in [-0.25, -0.2) is 0 Å². The van der Waals surface area contributed by atoms with Gasteiger partial charge in [0.05, 0.1) is 25.4 Å². The first-order valence-corrected chi connectivity index (χ1v) is 33.9. The van der Waals surface area contributed by atoms with Gasteiger partial charge in [0.2, 0.25) is 5.91 Å². The molecule has 0 fully saturated rings. The van der Waals surface area contributed by atoms with E-state index in [2.05, 4.69) is 67.8 Å². The minimum atomic E-state index is -0.668. The highest BCUT2D eigenvalue weighted by atomic mass is 16.5. The van der Waals surface area contributed by atoms with Crippen molar-refractivity contribution in [2.24, 2.45) is 0 Å². The lowest BCUT2D eigenvalue weighted by Gasteiger charge is -2.22. The third-order valence-corrected chi connectivity index (χ3v) is 15.6. The van der Waals surface area contributed by atoms with Crippen LogP contribution in [-0.2, 0) is 14.3 Å². The fourth-order valence-corrected chi connectivity index (χ4v) is 10.4. The summed E-state index contributed by atoms with van der Waals surface area (Å²) < 4.78 is 5.47. The molecule has 76 heavy (non-hydrogen) atoms. The van der Waals surface area contributed by atoms with Crippen LogP contribution in [0.5, 0.6) is 0 Å². The van der Waals surface area contributed by atoms with Crippen LogP contribution in [0.2, 0.25) is 0 Å². The number of hydrogen-bond acceptors (Lipinski definition) is 5. The summed E-state index contributed by atoms with van der Waals surface area (Å²) in [5.74, 6) is -0.0397. The third kappa shape index (κ3) is 61.0. The molecule has 0 aliphatic rings. The molecule has 1 amide bonds. The number of esters is 1. The van der Waals surface area contributed by atoms with Crippen molar-refractivity contribution in [2.75, 3.05) is 13.2 Å². The van der Waals surface area contributed by atoms with E-state index in [-0.39, 0.29) is 18.5 Å². The molecule has 0 aromatic rings. The normalized spacial score (nSPS) is 12.8. The fraction of sp³-hybridized carbons (Fsp3) is 0.857. The first kappa shape index (κ1) is 73.8. The van der Waals surface area contributed by atoms with E-state index in [1.807, 2.05) is 0 Å². The van der Waals surface area contributed by atoms with Gasteiger partial charge in [0.1, 0.15) is 0 Å². The zero-order valence-corrected chi connectivity index (χ0v) is 51.0. The highest BCUT2D eigenvalue weighted by molar-refractivity contribution is 5.76. The van der Waals surface area contributed by atoms with Crippen LogP contribution >= 0.6 is 0 Å². The second-order valence-corrected chi connectivity index (χ2v) is 23.1. The Morgan fingerprint density at radius 3 is 1.04 bits per heavy atom. The largest absolute Gasteiger partial charge is 0.466 e. The monoisotopic (exact) mass is 1070 g/mol. The van der Waals surface area contributed by atoms with Crippen molar-refractivity contribution in [1.29, 1.82) is 0 Å². The second-order valence-electron chi connectivity index (χ2n) is 23.1. The van der Waals surface area contributed by atoms with Crippen molar-refractivity contribution >= 4 is 11.9 Å². The topological polar surface area (TPSA) is 95.9 Å². The van der Waals surface area contributed by atoms with Gasteiger partial charge in [0.15, 0.2) is 0 Å². The highest BCUT2D eigenvalue weighted by Gasteiger charge is 2.20. The summed E-state index contributed by atoms with van der Waals surface area (Å²) in [6, 6.07) is -0.545. The maximum atomic E-state index is 12.5. The van der Waals surface area contributed by atoms with Crippen molar-refractivity contribution in [2.45, 2.75) is 373 Å². The van der Waals surface area contributed by atoms with Crippen LogP contribution in [0.1, 0.15) is 361 Å². The summed E-state index contributed by atoms with van der Waals surface area (Å²) in [5, 5.41) is 23.4. The second kappa shape index (κ2) is 65.3. The molecule has 0 heterocycles. The first-order valence-electron chi connectivity index (χ1n) is 33.9. The quantitative estimate of drug-likeness (QED) is 0.0320. The molecule has 6 heteroatoms. The molecule has 446 valence electrons. The third-order valence-electron chi connectivity index (χ3n) is 15.6. The molecule has 0 saturated heterocycles. The predicted octanol–water partition coefficient (Wildman–Crippen LogP) is 21.7. The number of carbonyl (C=O) groups is 2. The lowest BCUT2D eigenvalue weighted by atomic mass is 10.0. The van der Waals surface area contributed by atoms with E-state index in [1.54, 1.807) is 0 Å². The van der Waals surface area contributed by atoms with Gasteiger partial charge in [-0.3, -0.25) is 9.59 Å². The molecule has 0 aromatic carbocycles. The number of rotatable bonds is 63. The van der Waals surface area contributed by atoms with Gasteiger partial charge in [-0.1, -0.05) is 313 Å². The highest BCUT2D eigenvalue weighted by Crippen LogP contribution is 2.18. The average Bonchev–Trinajstić information content (AvgIpc) is 3.42. The zero-order chi connectivity index (χ0) is 55.0. The van der Waals surface area contributed by atoms with Crippen molar-refractivity contribution in [1.82, 2.24) is 5.32 Å². The molecule has 0 aromatic heterocycles. The molecule has 6 nitrogen and oxygen atoms in total. The van der Waals surface area contributed by atoms with Crippen LogP contribution in [0.15, 0.2) is 48.6 Å². The SMILES string of the molecule is CCCC/C=C\C/C=C\CCCCCCCC(=O)OCCCCCCCCCCC/C=C\C/C=C\CCCCCCCCCCCCCC(=O)NC(CO)C(O)CCCCCCCCCCCCCCCCCCCC. The average molecular weight is 1070 g/mol. The maximum Gasteiger partial charge on any atom is 0.305 e. The lowest BCUT2D eigenvalue weighted by Crippen LogP contribution is -2.45. The lowest BCUT2D eigenvalue weighted by molar-refractivity contribution is -0.143. The summed E-state index contributed by atoms with van der Waals surface area (Å²) in [6.07, 6.45) is 84.3. The van der Waals surface area contributed by atoms with Crippen molar-refractivity contribution in [3.8, 4) is 0 Å². The number of hydrogen-bond donors (Lipinski definition) is 3. The molecule has 2 unspecified atom stereocenters.